The number of primary amides is 1. The van der Waals surface area contributed by atoms with Crippen LogP contribution < -0.4 is 15.2 Å². The molecule has 0 aromatic heterocycles. The second-order valence-electron chi connectivity index (χ2n) is 4.00. The lowest BCUT2D eigenvalue weighted by molar-refractivity contribution is 0.0999. The Hall–Kier alpha value is -2.49. The highest BCUT2D eigenvalue weighted by molar-refractivity contribution is 5.93. The zero-order valence-corrected chi connectivity index (χ0v) is 10.6. The highest BCUT2D eigenvalue weighted by Crippen LogP contribution is 2.28. The molecule has 4 heteroatoms. The van der Waals surface area contributed by atoms with Gasteiger partial charge in [-0.15, -0.1) is 0 Å². The molecule has 0 aliphatic rings. The molecule has 0 spiro atoms. The molecule has 2 aromatic rings. The van der Waals surface area contributed by atoms with Crippen LogP contribution in [-0.2, 0) is 6.61 Å². The van der Waals surface area contributed by atoms with E-state index in [9.17, 15) is 4.79 Å². The number of carbonyl (C=O) groups is 1. The molecule has 98 valence electrons. The van der Waals surface area contributed by atoms with E-state index in [1.165, 1.54) is 0 Å². The maximum atomic E-state index is 11.2. The van der Waals surface area contributed by atoms with Crippen LogP contribution in [0.4, 0.5) is 0 Å². The monoisotopic (exact) mass is 257 g/mol. The van der Waals surface area contributed by atoms with E-state index >= 15 is 0 Å². The van der Waals surface area contributed by atoms with Crippen LogP contribution in [0.3, 0.4) is 0 Å². The zero-order chi connectivity index (χ0) is 13.7. The van der Waals surface area contributed by atoms with E-state index in [2.05, 4.69) is 0 Å². The molecule has 0 bridgehead atoms. The molecule has 0 radical (unpaired) electrons. The number of rotatable bonds is 5. The molecular weight excluding hydrogens is 242 g/mol. The molecule has 2 N–H and O–H groups in total. The quantitative estimate of drug-likeness (QED) is 0.894. The minimum atomic E-state index is -0.493. The maximum Gasteiger partial charge on any atom is 0.248 e. The van der Waals surface area contributed by atoms with Gasteiger partial charge in [-0.25, -0.2) is 0 Å². The molecule has 4 nitrogen and oxygen atoms in total. The molecule has 0 atom stereocenters. The summed E-state index contributed by atoms with van der Waals surface area (Å²) in [5.74, 6) is 0.579. The summed E-state index contributed by atoms with van der Waals surface area (Å²) >= 11 is 0. The van der Waals surface area contributed by atoms with Gasteiger partial charge in [-0.2, -0.15) is 0 Å². The number of nitrogens with two attached hydrogens (primary N) is 1. The Kier molecular flexibility index (Phi) is 4.03. The van der Waals surface area contributed by atoms with E-state index in [-0.39, 0.29) is 0 Å². The van der Waals surface area contributed by atoms with Crippen LogP contribution in [0.5, 0.6) is 11.5 Å². The molecule has 0 unspecified atom stereocenters. The van der Waals surface area contributed by atoms with Gasteiger partial charge in [0.25, 0.3) is 0 Å². The third-order valence-electron chi connectivity index (χ3n) is 2.69. The van der Waals surface area contributed by atoms with Gasteiger partial charge in [0.15, 0.2) is 11.5 Å². The molecule has 0 fully saturated rings. The highest BCUT2D eigenvalue weighted by Gasteiger charge is 2.09. The summed E-state index contributed by atoms with van der Waals surface area (Å²) in [6, 6.07) is 14.6. The lowest BCUT2D eigenvalue weighted by Crippen LogP contribution is -2.11. The number of methoxy groups -OCH3 is 1. The molecule has 0 aliphatic carbocycles. The lowest BCUT2D eigenvalue weighted by Gasteiger charge is -2.11. The zero-order valence-electron chi connectivity index (χ0n) is 10.6. The van der Waals surface area contributed by atoms with E-state index < -0.39 is 5.91 Å². The topological polar surface area (TPSA) is 61.5 Å². The molecule has 0 heterocycles. The predicted molar refractivity (Wildman–Crippen MR) is 72.3 cm³/mol. The van der Waals surface area contributed by atoms with Crippen molar-refractivity contribution in [1.82, 2.24) is 0 Å². The van der Waals surface area contributed by atoms with Crippen LogP contribution in [0.25, 0.3) is 0 Å². The SMILES string of the molecule is COc1ccc(C(N)=O)cc1OCc1ccccc1. The minimum Gasteiger partial charge on any atom is -0.493 e. The Bertz CT molecular complexity index is 567. The standard InChI is InChI=1S/C15H15NO3/c1-18-13-8-7-12(15(16)17)9-14(13)19-10-11-5-3-2-4-6-11/h2-9H,10H2,1H3,(H2,16,17). The van der Waals surface area contributed by atoms with Crippen LogP contribution >= 0.6 is 0 Å². The average molecular weight is 257 g/mol. The van der Waals surface area contributed by atoms with Crippen molar-refractivity contribution >= 4 is 5.91 Å². The van der Waals surface area contributed by atoms with Gasteiger partial charge < -0.3 is 15.2 Å². The fraction of sp³-hybridized carbons (Fsp3) is 0.133. The molecule has 0 aliphatic heterocycles. The van der Waals surface area contributed by atoms with Gasteiger partial charge in [0, 0.05) is 5.56 Å². The van der Waals surface area contributed by atoms with Crippen molar-refractivity contribution in [1.29, 1.82) is 0 Å². The summed E-state index contributed by atoms with van der Waals surface area (Å²) in [5.41, 5.74) is 6.67. The van der Waals surface area contributed by atoms with Crippen LogP contribution in [-0.4, -0.2) is 13.0 Å². The summed E-state index contributed by atoms with van der Waals surface area (Å²) in [6.07, 6.45) is 0. The second-order valence-corrected chi connectivity index (χ2v) is 4.00. The van der Waals surface area contributed by atoms with Crippen molar-refractivity contribution in [3.8, 4) is 11.5 Å². The Morgan fingerprint density at radius 2 is 1.84 bits per heavy atom. The van der Waals surface area contributed by atoms with Crippen LogP contribution in [0.1, 0.15) is 15.9 Å². The van der Waals surface area contributed by atoms with Gasteiger partial charge in [0.2, 0.25) is 5.91 Å². The van der Waals surface area contributed by atoms with Crippen molar-refractivity contribution in [3.05, 3.63) is 59.7 Å². The summed E-state index contributed by atoms with van der Waals surface area (Å²) in [5, 5.41) is 0. The van der Waals surface area contributed by atoms with Crippen LogP contribution in [0.2, 0.25) is 0 Å². The second kappa shape index (κ2) is 5.91. The smallest absolute Gasteiger partial charge is 0.248 e. The third-order valence-corrected chi connectivity index (χ3v) is 2.69. The average Bonchev–Trinajstić information content (AvgIpc) is 2.45. The Balaban J connectivity index is 2.18. The summed E-state index contributed by atoms with van der Waals surface area (Å²) < 4.78 is 10.9. The predicted octanol–water partition coefficient (Wildman–Crippen LogP) is 2.37. The molecule has 0 saturated carbocycles. The van der Waals surface area contributed by atoms with Gasteiger partial charge in [-0.3, -0.25) is 4.79 Å². The Morgan fingerprint density at radius 3 is 2.47 bits per heavy atom. The van der Waals surface area contributed by atoms with Crippen molar-refractivity contribution in [2.45, 2.75) is 6.61 Å². The van der Waals surface area contributed by atoms with Crippen molar-refractivity contribution in [2.75, 3.05) is 7.11 Å². The first kappa shape index (κ1) is 13.0. The van der Waals surface area contributed by atoms with Gasteiger partial charge in [-0.05, 0) is 23.8 Å². The van der Waals surface area contributed by atoms with Crippen molar-refractivity contribution in [2.24, 2.45) is 5.73 Å². The minimum absolute atomic E-state index is 0.392. The first-order valence-electron chi connectivity index (χ1n) is 5.85. The molecule has 2 aromatic carbocycles. The number of hydrogen-bond donors (Lipinski definition) is 1. The normalized spacial score (nSPS) is 9.95. The van der Waals surface area contributed by atoms with Gasteiger partial charge in [-0.1, -0.05) is 30.3 Å². The van der Waals surface area contributed by atoms with Crippen LogP contribution in [0.15, 0.2) is 48.5 Å². The highest BCUT2D eigenvalue weighted by atomic mass is 16.5. The number of hydrogen-bond acceptors (Lipinski definition) is 3. The lowest BCUT2D eigenvalue weighted by atomic mass is 10.2. The first-order valence-corrected chi connectivity index (χ1v) is 5.85. The summed E-state index contributed by atoms with van der Waals surface area (Å²) in [6.45, 7) is 0.402. The Morgan fingerprint density at radius 1 is 1.11 bits per heavy atom. The van der Waals surface area contributed by atoms with Crippen molar-refractivity contribution < 1.29 is 14.3 Å². The fourth-order valence-electron chi connectivity index (χ4n) is 1.68. The van der Waals surface area contributed by atoms with Gasteiger partial charge >= 0.3 is 0 Å². The molecule has 19 heavy (non-hydrogen) atoms. The van der Waals surface area contributed by atoms with E-state index in [0.717, 1.165) is 5.56 Å². The van der Waals surface area contributed by atoms with E-state index in [1.54, 1.807) is 25.3 Å². The van der Waals surface area contributed by atoms with E-state index in [4.69, 9.17) is 15.2 Å². The molecule has 0 saturated heterocycles. The van der Waals surface area contributed by atoms with E-state index in [0.29, 0.717) is 23.7 Å². The van der Waals surface area contributed by atoms with Gasteiger partial charge in [0.05, 0.1) is 7.11 Å². The van der Waals surface area contributed by atoms with Gasteiger partial charge in [0.1, 0.15) is 6.61 Å². The largest absolute Gasteiger partial charge is 0.493 e. The Labute approximate surface area is 111 Å². The summed E-state index contributed by atoms with van der Waals surface area (Å²) in [4.78, 5) is 11.2. The maximum absolute atomic E-state index is 11.2. The number of ether oxygens (including phenoxy) is 2. The molecular formula is C15H15NO3. The number of amides is 1. The van der Waals surface area contributed by atoms with E-state index in [1.807, 2.05) is 30.3 Å². The molecule has 2 rings (SSSR count). The number of carbonyl (C=O) groups excluding carboxylic acids is 1. The van der Waals surface area contributed by atoms with Crippen molar-refractivity contribution in [3.63, 3.8) is 0 Å². The summed E-state index contributed by atoms with van der Waals surface area (Å²) in [7, 11) is 1.55. The fourth-order valence-corrected chi connectivity index (χ4v) is 1.68. The molecule has 1 amide bonds. The third kappa shape index (κ3) is 3.25. The van der Waals surface area contributed by atoms with Crippen LogP contribution in [0, 0.1) is 0 Å². The number of benzene rings is 2. The first-order chi connectivity index (χ1) is 9.20.